The van der Waals surface area contributed by atoms with Crippen LogP contribution in [0.15, 0.2) is 11.1 Å². The quantitative estimate of drug-likeness (QED) is 0.788. The number of hydrogen-bond acceptors (Lipinski definition) is 6. The van der Waals surface area contributed by atoms with Crippen molar-refractivity contribution >= 4 is 33.4 Å². The van der Waals surface area contributed by atoms with E-state index in [0.717, 1.165) is 10.4 Å². The number of nitrogens with one attached hydrogen (secondary N) is 1. The van der Waals surface area contributed by atoms with E-state index in [-0.39, 0.29) is 18.0 Å². The van der Waals surface area contributed by atoms with Crippen molar-refractivity contribution in [3.8, 4) is 0 Å². The summed E-state index contributed by atoms with van der Waals surface area (Å²) in [6.45, 7) is 9.47. The smallest absolute Gasteiger partial charge is 0.326 e. The fraction of sp³-hybridized carbons (Fsp3) is 0.529. The van der Waals surface area contributed by atoms with Crippen molar-refractivity contribution in [3.05, 3.63) is 27.1 Å². The molecule has 2 rings (SSSR count). The summed E-state index contributed by atoms with van der Waals surface area (Å²) in [6.07, 6.45) is 0.425. The standard InChI is InChI=1S/C17H23N3O4S/c1-9(2)6-18-15(22)11(4)24-13(21)7-20-8-19-16-14(17(20)23)10(3)12(5)25-16/h8-9,11H,6-7H2,1-5H3,(H,18,22)/t11-/m1/s1. The van der Waals surface area contributed by atoms with E-state index in [1.807, 2.05) is 27.7 Å². The second kappa shape index (κ2) is 7.77. The van der Waals surface area contributed by atoms with Crippen molar-refractivity contribution < 1.29 is 14.3 Å². The molecule has 7 nitrogen and oxygen atoms in total. The Morgan fingerprint density at radius 1 is 1.32 bits per heavy atom. The van der Waals surface area contributed by atoms with Gasteiger partial charge in [-0.15, -0.1) is 11.3 Å². The van der Waals surface area contributed by atoms with Crippen molar-refractivity contribution in [1.82, 2.24) is 14.9 Å². The van der Waals surface area contributed by atoms with Crippen molar-refractivity contribution in [2.24, 2.45) is 5.92 Å². The third kappa shape index (κ3) is 4.45. The van der Waals surface area contributed by atoms with E-state index in [9.17, 15) is 14.4 Å². The molecular weight excluding hydrogens is 342 g/mol. The van der Waals surface area contributed by atoms with Gasteiger partial charge in [0.15, 0.2) is 6.10 Å². The van der Waals surface area contributed by atoms with E-state index in [1.165, 1.54) is 29.2 Å². The van der Waals surface area contributed by atoms with Crippen LogP contribution in [0.1, 0.15) is 31.2 Å². The highest BCUT2D eigenvalue weighted by atomic mass is 32.1. The van der Waals surface area contributed by atoms with Gasteiger partial charge in [-0.25, -0.2) is 4.98 Å². The zero-order chi connectivity index (χ0) is 18.7. The van der Waals surface area contributed by atoms with Crippen LogP contribution in [0.2, 0.25) is 0 Å². The van der Waals surface area contributed by atoms with E-state index < -0.39 is 12.1 Å². The number of nitrogens with zero attached hydrogens (tertiary/aromatic N) is 2. The van der Waals surface area contributed by atoms with Crippen LogP contribution in [0.3, 0.4) is 0 Å². The van der Waals surface area contributed by atoms with Crippen molar-refractivity contribution in [3.63, 3.8) is 0 Å². The predicted molar refractivity (Wildman–Crippen MR) is 96.8 cm³/mol. The summed E-state index contributed by atoms with van der Waals surface area (Å²) < 4.78 is 6.33. The van der Waals surface area contributed by atoms with Crippen molar-refractivity contribution in [2.75, 3.05) is 6.54 Å². The second-order valence-electron chi connectivity index (χ2n) is 6.41. The Morgan fingerprint density at radius 3 is 2.64 bits per heavy atom. The zero-order valence-corrected chi connectivity index (χ0v) is 15.9. The van der Waals surface area contributed by atoms with Crippen LogP contribution < -0.4 is 10.9 Å². The van der Waals surface area contributed by atoms with E-state index in [1.54, 1.807) is 0 Å². The maximum atomic E-state index is 12.5. The Bertz CT molecular complexity index is 853. The molecule has 0 saturated heterocycles. The number of fused-ring (bicyclic) bond motifs is 1. The minimum Gasteiger partial charge on any atom is -0.451 e. The molecule has 0 radical (unpaired) electrons. The molecule has 0 fully saturated rings. The highest BCUT2D eigenvalue weighted by Crippen LogP contribution is 2.25. The molecule has 0 spiro atoms. The lowest BCUT2D eigenvalue weighted by Crippen LogP contribution is -2.38. The van der Waals surface area contributed by atoms with Crippen LogP contribution in [0.25, 0.3) is 10.2 Å². The maximum absolute atomic E-state index is 12.5. The van der Waals surface area contributed by atoms with E-state index in [2.05, 4.69) is 10.3 Å². The van der Waals surface area contributed by atoms with Gasteiger partial charge >= 0.3 is 5.97 Å². The second-order valence-corrected chi connectivity index (χ2v) is 7.62. The fourth-order valence-corrected chi connectivity index (χ4v) is 3.25. The van der Waals surface area contributed by atoms with E-state index in [0.29, 0.717) is 22.7 Å². The average Bonchev–Trinajstić information content (AvgIpc) is 2.83. The van der Waals surface area contributed by atoms with Gasteiger partial charge in [-0.1, -0.05) is 13.8 Å². The van der Waals surface area contributed by atoms with Gasteiger partial charge in [0.1, 0.15) is 11.4 Å². The van der Waals surface area contributed by atoms with Gasteiger partial charge in [-0.05, 0) is 32.3 Å². The molecule has 0 saturated carbocycles. The number of carbonyl (C=O) groups is 2. The molecule has 0 aliphatic heterocycles. The Balaban J connectivity index is 2.07. The molecule has 1 atom stereocenters. The van der Waals surface area contributed by atoms with Crippen molar-refractivity contribution in [2.45, 2.75) is 47.3 Å². The molecule has 136 valence electrons. The first kappa shape index (κ1) is 19.1. The third-order valence-corrected chi connectivity index (χ3v) is 4.93. The Hall–Kier alpha value is -2.22. The maximum Gasteiger partial charge on any atom is 0.326 e. The van der Waals surface area contributed by atoms with Gasteiger partial charge in [0, 0.05) is 11.4 Å². The van der Waals surface area contributed by atoms with Crippen LogP contribution in [0.4, 0.5) is 0 Å². The minimum atomic E-state index is -0.913. The number of rotatable bonds is 6. The van der Waals surface area contributed by atoms with Gasteiger partial charge in [0.25, 0.3) is 11.5 Å². The first-order chi connectivity index (χ1) is 11.7. The fourth-order valence-electron chi connectivity index (χ4n) is 2.26. The Kier molecular flexibility index (Phi) is 5.94. The van der Waals surface area contributed by atoms with E-state index in [4.69, 9.17) is 4.74 Å². The zero-order valence-electron chi connectivity index (χ0n) is 15.1. The van der Waals surface area contributed by atoms with E-state index >= 15 is 0 Å². The molecule has 0 aliphatic rings. The Labute approximate surface area is 150 Å². The molecular formula is C17H23N3O4S. The molecule has 2 heterocycles. The molecule has 0 aliphatic carbocycles. The Morgan fingerprint density at radius 2 is 2.00 bits per heavy atom. The van der Waals surface area contributed by atoms with Crippen LogP contribution in [-0.2, 0) is 20.9 Å². The number of hydrogen-bond donors (Lipinski definition) is 1. The lowest BCUT2D eigenvalue weighted by Gasteiger charge is -2.15. The number of aryl methyl sites for hydroxylation is 2. The molecule has 2 aromatic rings. The van der Waals surface area contributed by atoms with Gasteiger partial charge in [-0.3, -0.25) is 19.0 Å². The highest BCUT2D eigenvalue weighted by molar-refractivity contribution is 7.18. The first-order valence-corrected chi connectivity index (χ1v) is 8.94. The summed E-state index contributed by atoms with van der Waals surface area (Å²) in [5.41, 5.74) is 0.599. The van der Waals surface area contributed by atoms with Crippen LogP contribution in [0, 0.1) is 19.8 Å². The number of esters is 1. The van der Waals surface area contributed by atoms with Gasteiger partial charge in [0.05, 0.1) is 11.7 Å². The summed E-state index contributed by atoms with van der Waals surface area (Å²) in [5, 5.41) is 3.23. The average molecular weight is 365 g/mol. The summed E-state index contributed by atoms with van der Waals surface area (Å²) >= 11 is 1.45. The van der Waals surface area contributed by atoms with Crippen LogP contribution >= 0.6 is 11.3 Å². The number of amides is 1. The number of aromatic nitrogens is 2. The van der Waals surface area contributed by atoms with Crippen LogP contribution in [0.5, 0.6) is 0 Å². The summed E-state index contributed by atoms with van der Waals surface area (Å²) in [4.78, 5) is 42.4. The lowest BCUT2D eigenvalue weighted by molar-refractivity contribution is -0.155. The monoisotopic (exact) mass is 365 g/mol. The molecule has 8 heteroatoms. The summed E-state index contributed by atoms with van der Waals surface area (Å²) in [7, 11) is 0. The normalized spacial score (nSPS) is 12.4. The molecule has 25 heavy (non-hydrogen) atoms. The number of thiophene rings is 1. The molecule has 1 amide bonds. The highest BCUT2D eigenvalue weighted by Gasteiger charge is 2.19. The summed E-state index contributed by atoms with van der Waals surface area (Å²) in [5.74, 6) is -0.701. The summed E-state index contributed by atoms with van der Waals surface area (Å²) in [6, 6.07) is 0. The predicted octanol–water partition coefficient (Wildman–Crippen LogP) is 1.78. The number of ether oxygens (including phenoxy) is 1. The molecule has 0 unspecified atom stereocenters. The van der Waals surface area contributed by atoms with Gasteiger partial charge < -0.3 is 10.1 Å². The van der Waals surface area contributed by atoms with Gasteiger partial charge in [-0.2, -0.15) is 0 Å². The molecule has 0 bridgehead atoms. The molecule has 1 N–H and O–H groups in total. The molecule has 0 aromatic carbocycles. The molecule has 2 aromatic heterocycles. The number of carbonyl (C=O) groups excluding carboxylic acids is 2. The minimum absolute atomic E-state index is 0.277. The third-order valence-electron chi connectivity index (χ3n) is 3.82. The van der Waals surface area contributed by atoms with Crippen LogP contribution in [-0.4, -0.2) is 34.1 Å². The van der Waals surface area contributed by atoms with Crippen molar-refractivity contribution in [1.29, 1.82) is 0 Å². The largest absolute Gasteiger partial charge is 0.451 e. The van der Waals surface area contributed by atoms with Gasteiger partial charge in [0.2, 0.25) is 0 Å². The topological polar surface area (TPSA) is 90.3 Å². The SMILES string of the molecule is Cc1sc2ncn(CC(=O)O[C@H](C)C(=O)NCC(C)C)c(=O)c2c1C. The lowest BCUT2D eigenvalue weighted by atomic mass is 10.2. The first-order valence-electron chi connectivity index (χ1n) is 8.13.